The van der Waals surface area contributed by atoms with Crippen LogP contribution in [0, 0.1) is 0 Å². The average Bonchev–Trinajstić information content (AvgIpc) is 2.80. The Bertz CT molecular complexity index is 1160. The standard InChI is InChI=1S/C23H28N4O6S/c1-15-13-27(14-16(2)33-15)34(31,32)20-5-3-4-19(10-20)23(30)25-11-17-6-8-18(9-7-17)22(29)26-12-21(24)28/h3-10,15-16H,11-14H2,1-2H3,(H2,24,28)(H,25,30)(H,26,29). The van der Waals surface area contributed by atoms with Crippen LogP contribution < -0.4 is 16.4 Å². The minimum absolute atomic E-state index is 0.0489. The minimum atomic E-state index is -3.77. The molecule has 1 aliphatic rings. The van der Waals surface area contributed by atoms with E-state index in [2.05, 4.69) is 10.6 Å². The Balaban J connectivity index is 1.63. The monoisotopic (exact) mass is 488 g/mol. The van der Waals surface area contributed by atoms with Crippen LogP contribution in [0.1, 0.15) is 40.1 Å². The number of hydrogen-bond acceptors (Lipinski definition) is 6. The topological polar surface area (TPSA) is 148 Å². The number of carbonyl (C=O) groups excluding carboxylic acids is 3. The van der Waals surface area contributed by atoms with Gasteiger partial charge in [-0.25, -0.2) is 8.42 Å². The van der Waals surface area contributed by atoms with Crippen molar-refractivity contribution in [2.45, 2.75) is 37.5 Å². The highest BCUT2D eigenvalue weighted by Crippen LogP contribution is 2.22. The second-order valence-corrected chi connectivity index (χ2v) is 10.1. The van der Waals surface area contributed by atoms with Crippen LogP contribution in [0.4, 0.5) is 0 Å². The molecule has 0 aromatic heterocycles. The third-order valence-electron chi connectivity index (χ3n) is 5.21. The molecule has 0 saturated carbocycles. The zero-order chi connectivity index (χ0) is 24.9. The molecular formula is C23H28N4O6S. The fourth-order valence-electron chi connectivity index (χ4n) is 3.60. The Labute approximate surface area is 198 Å². The Morgan fingerprint density at radius 2 is 1.59 bits per heavy atom. The van der Waals surface area contributed by atoms with Gasteiger partial charge in [0.25, 0.3) is 11.8 Å². The summed E-state index contributed by atoms with van der Waals surface area (Å²) in [4.78, 5) is 35.4. The van der Waals surface area contributed by atoms with Crippen LogP contribution in [0.15, 0.2) is 53.4 Å². The number of carbonyl (C=O) groups is 3. The molecule has 1 heterocycles. The lowest BCUT2D eigenvalue weighted by atomic mass is 10.1. The van der Waals surface area contributed by atoms with E-state index in [9.17, 15) is 22.8 Å². The number of benzene rings is 2. The molecule has 0 spiro atoms. The molecule has 0 radical (unpaired) electrons. The predicted octanol–water partition coefficient (Wildman–Crippen LogP) is 0.630. The molecule has 4 N–H and O–H groups in total. The Morgan fingerprint density at radius 3 is 2.21 bits per heavy atom. The summed E-state index contributed by atoms with van der Waals surface area (Å²) in [6.07, 6.45) is -0.434. The number of hydrogen-bond donors (Lipinski definition) is 3. The fraction of sp³-hybridized carbons (Fsp3) is 0.348. The van der Waals surface area contributed by atoms with Crippen molar-refractivity contribution >= 4 is 27.7 Å². The van der Waals surface area contributed by atoms with Gasteiger partial charge >= 0.3 is 0 Å². The first-order valence-electron chi connectivity index (χ1n) is 10.8. The molecule has 0 aliphatic carbocycles. The van der Waals surface area contributed by atoms with Crippen LogP contribution in [0.3, 0.4) is 0 Å². The second-order valence-electron chi connectivity index (χ2n) is 8.14. The largest absolute Gasteiger partial charge is 0.373 e. The summed E-state index contributed by atoms with van der Waals surface area (Å²) in [5.41, 5.74) is 6.31. The second kappa shape index (κ2) is 10.8. The summed E-state index contributed by atoms with van der Waals surface area (Å²) >= 11 is 0. The molecule has 34 heavy (non-hydrogen) atoms. The maximum absolute atomic E-state index is 13.1. The molecule has 11 heteroatoms. The van der Waals surface area contributed by atoms with Crippen molar-refractivity contribution in [2.75, 3.05) is 19.6 Å². The van der Waals surface area contributed by atoms with Crippen molar-refractivity contribution in [3.63, 3.8) is 0 Å². The number of nitrogens with two attached hydrogens (primary N) is 1. The Kier molecular flexibility index (Phi) is 8.02. The molecule has 2 aromatic rings. The molecule has 2 unspecified atom stereocenters. The molecule has 1 saturated heterocycles. The Hall–Kier alpha value is -3.28. The molecule has 182 valence electrons. The highest BCUT2D eigenvalue weighted by Gasteiger charge is 2.32. The van der Waals surface area contributed by atoms with E-state index in [1.165, 1.54) is 22.5 Å². The third-order valence-corrected chi connectivity index (χ3v) is 7.04. The molecule has 3 amide bonds. The van der Waals surface area contributed by atoms with Gasteiger partial charge in [-0.2, -0.15) is 4.31 Å². The summed E-state index contributed by atoms with van der Waals surface area (Å²) in [6.45, 7) is 4.07. The number of morpholine rings is 1. The van der Waals surface area contributed by atoms with E-state index in [0.29, 0.717) is 5.56 Å². The number of primary amides is 1. The van der Waals surface area contributed by atoms with Crippen LogP contribution in [0.2, 0.25) is 0 Å². The van der Waals surface area contributed by atoms with Gasteiger partial charge in [-0.3, -0.25) is 14.4 Å². The van der Waals surface area contributed by atoms with Gasteiger partial charge < -0.3 is 21.1 Å². The number of rotatable bonds is 8. The molecular weight excluding hydrogens is 460 g/mol. The maximum Gasteiger partial charge on any atom is 0.251 e. The van der Waals surface area contributed by atoms with Gasteiger partial charge in [0.2, 0.25) is 15.9 Å². The first-order valence-corrected chi connectivity index (χ1v) is 12.2. The number of amides is 3. The zero-order valence-corrected chi connectivity index (χ0v) is 19.8. The van der Waals surface area contributed by atoms with Gasteiger partial charge in [0.05, 0.1) is 23.6 Å². The van der Waals surface area contributed by atoms with Crippen molar-refractivity contribution in [2.24, 2.45) is 5.73 Å². The van der Waals surface area contributed by atoms with Gasteiger partial charge in [0, 0.05) is 30.8 Å². The SMILES string of the molecule is CC1CN(S(=O)(=O)c2cccc(C(=O)NCc3ccc(C(=O)NCC(N)=O)cc3)c2)CC(C)O1. The lowest BCUT2D eigenvalue weighted by Crippen LogP contribution is -2.48. The molecule has 1 aliphatic heterocycles. The van der Waals surface area contributed by atoms with Gasteiger partial charge in [-0.1, -0.05) is 18.2 Å². The van der Waals surface area contributed by atoms with Gasteiger partial charge in [0.1, 0.15) is 0 Å². The first-order chi connectivity index (χ1) is 16.1. The molecule has 2 aromatic carbocycles. The van der Waals surface area contributed by atoms with Gasteiger partial charge in [-0.05, 0) is 49.7 Å². The van der Waals surface area contributed by atoms with Crippen LogP contribution in [-0.4, -0.2) is 62.3 Å². The summed E-state index contributed by atoms with van der Waals surface area (Å²) in [6, 6.07) is 12.4. The van der Waals surface area contributed by atoms with Crippen molar-refractivity contribution in [3.05, 3.63) is 65.2 Å². The molecule has 1 fully saturated rings. The van der Waals surface area contributed by atoms with E-state index in [0.717, 1.165) is 5.56 Å². The summed E-state index contributed by atoms with van der Waals surface area (Å²) < 4.78 is 33.2. The third kappa shape index (κ3) is 6.40. The Morgan fingerprint density at radius 1 is 0.971 bits per heavy atom. The van der Waals surface area contributed by atoms with E-state index in [-0.39, 0.29) is 48.8 Å². The van der Waals surface area contributed by atoms with E-state index in [4.69, 9.17) is 10.5 Å². The van der Waals surface area contributed by atoms with Crippen LogP contribution in [0.25, 0.3) is 0 Å². The quantitative estimate of drug-likeness (QED) is 0.496. The number of nitrogens with one attached hydrogen (secondary N) is 2. The number of sulfonamides is 1. The summed E-state index contributed by atoms with van der Waals surface area (Å²) in [5.74, 6) is -1.50. The summed E-state index contributed by atoms with van der Waals surface area (Å²) in [5, 5.41) is 5.14. The van der Waals surface area contributed by atoms with Crippen LogP contribution in [-0.2, 0) is 26.1 Å². The molecule has 0 bridgehead atoms. The van der Waals surface area contributed by atoms with Gasteiger partial charge in [-0.15, -0.1) is 0 Å². The van der Waals surface area contributed by atoms with Gasteiger partial charge in [0.15, 0.2) is 0 Å². The molecule has 2 atom stereocenters. The normalized spacial score (nSPS) is 18.8. The number of nitrogens with zero attached hydrogens (tertiary/aromatic N) is 1. The zero-order valence-electron chi connectivity index (χ0n) is 19.0. The van der Waals surface area contributed by atoms with E-state index < -0.39 is 27.7 Å². The van der Waals surface area contributed by atoms with Crippen molar-refractivity contribution in [3.8, 4) is 0 Å². The van der Waals surface area contributed by atoms with Crippen molar-refractivity contribution in [1.29, 1.82) is 0 Å². The van der Waals surface area contributed by atoms with Crippen LogP contribution >= 0.6 is 0 Å². The van der Waals surface area contributed by atoms with E-state index >= 15 is 0 Å². The maximum atomic E-state index is 13.1. The predicted molar refractivity (Wildman–Crippen MR) is 124 cm³/mol. The average molecular weight is 489 g/mol. The smallest absolute Gasteiger partial charge is 0.251 e. The highest BCUT2D eigenvalue weighted by molar-refractivity contribution is 7.89. The fourth-order valence-corrected chi connectivity index (χ4v) is 5.24. The molecule has 3 rings (SSSR count). The van der Waals surface area contributed by atoms with Crippen molar-refractivity contribution in [1.82, 2.24) is 14.9 Å². The van der Waals surface area contributed by atoms with Crippen molar-refractivity contribution < 1.29 is 27.5 Å². The minimum Gasteiger partial charge on any atom is -0.373 e. The van der Waals surface area contributed by atoms with E-state index in [1.807, 2.05) is 13.8 Å². The summed E-state index contributed by atoms with van der Waals surface area (Å²) in [7, 11) is -3.77. The highest BCUT2D eigenvalue weighted by atomic mass is 32.2. The first kappa shape index (κ1) is 25.3. The number of ether oxygens (including phenoxy) is 1. The molecule has 10 nitrogen and oxygen atoms in total. The lowest BCUT2D eigenvalue weighted by molar-refractivity contribution is -0.117. The van der Waals surface area contributed by atoms with E-state index in [1.54, 1.807) is 30.3 Å². The van der Waals surface area contributed by atoms with Crippen LogP contribution in [0.5, 0.6) is 0 Å². The lowest BCUT2D eigenvalue weighted by Gasteiger charge is -2.34.